The van der Waals surface area contributed by atoms with Crippen LogP contribution < -0.4 is 5.32 Å². The molecule has 1 aromatic rings. The van der Waals surface area contributed by atoms with Gasteiger partial charge >= 0.3 is 6.18 Å². The van der Waals surface area contributed by atoms with Crippen LogP contribution in [0.25, 0.3) is 0 Å². The van der Waals surface area contributed by atoms with Crippen LogP contribution in [0.15, 0.2) is 22.7 Å². The van der Waals surface area contributed by atoms with Gasteiger partial charge in [0.25, 0.3) is 0 Å². The molecule has 0 heterocycles. The lowest BCUT2D eigenvalue weighted by Gasteiger charge is -2.14. The molecule has 0 aliphatic carbocycles. The van der Waals surface area contributed by atoms with Crippen molar-refractivity contribution in [3.8, 4) is 0 Å². The molecular weight excluding hydrogens is 295 g/mol. The molecule has 1 atom stereocenters. The topological polar surface area (TPSA) is 12.0 Å². The third kappa shape index (κ3) is 4.32. The second-order valence-corrected chi connectivity index (χ2v) is 4.86. The van der Waals surface area contributed by atoms with Crippen molar-refractivity contribution >= 4 is 15.9 Å². The van der Waals surface area contributed by atoms with Crippen molar-refractivity contribution in [2.45, 2.75) is 39.0 Å². The Kier molecular flexibility index (Phi) is 5.01. The van der Waals surface area contributed by atoms with Gasteiger partial charge in [-0.2, -0.15) is 13.2 Å². The van der Waals surface area contributed by atoms with Crippen LogP contribution in [0, 0.1) is 0 Å². The number of benzene rings is 1. The summed E-state index contributed by atoms with van der Waals surface area (Å²) < 4.78 is 38.0. The van der Waals surface area contributed by atoms with Gasteiger partial charge < -0.3 is 5.32 Å². The zero-order valence-electron chi connectivity index (χ0n) is 9.74. The number of nitrogens with one attached hydrogen (secondary N) is 1. The maximum Gasteiger partial charge on any atom is 0.417 e. The van der Waals surface area contributed by atoms with E-state index >= 15 is 0 Å². The standard InChI is InChI=1S/C12H15BrF3N/c1-3-8(2)17-7-9-4-5-11(13)10(6-9)12(14,15)16/h4-6,8,17H,3,7H2,1-2H3. The van der Waals surface area contributed by atoms with E-state index < -0.39 is 11.7 Å². The summed E-state index contributed by atoms with van der Waals surface area (Å²) in [6, 6.07) is 4.61. The van der Waals surface area contributed by atoms with E-state index in [4.69, 9.17) is 0 Å². The molecular formula is C12H15BrF3N. The van der Waals surface area contributed by atoms with E-state index in [0.29, 0.717) is 18.2 Å². The molecule has 0 bridgehead atoms. The Hall–Kier alpha value is -0.550. The van der Waals surface area contributed by atoms with Gasteiger partial charge in [0, 0.05) is 17.1 Å². The highest BCUT2D eigenvalue weighted by atomic mass is 79.9. The number of rotatable bonds is 4. The van der Waals surface area contributed by atoms with Crippen LogP contribution in [0.3, 0.4) is 0 Å². The highest BCUT2D eigenvalue weighted by Gasteiger charge is 2.32. The second kappa shape index (κ2) is 5.87. The summed E-state index contributed by atoms with van der Waals surface area (Å²) in [4.78, 5) is 0. The van der Waals surface area contributed by atoms with E-state index in [1.165, 1.54) is 12.1 Å². The summed E-state index contributed by atoms with van der Waals surface area (Å²) in [7, 11) is 0. The van der Waals surface area contributed by atoms with Gasteiger partial charge in [0.1, 0.15) is 0 Å². The van der Waals surface area contributed by atoms with Crippen LogP contribution in [0.4, 0.5) is 13.2 Å². The molecule has 0 spiro atoms. The van der Waals surface area contributed by atoms with Crippen molar-refractivity contribution in [1.29, 1.82) is 0 Å². The Balaban J connectivity index is 2.82. The minimum Gasteiger partial charge on any atom is -0.310 e. The lowest BCUT2D eigenvalue weighted by Crippen LogP contribution is -2.24. The zero-order chi connectivity index (χ0) is 13.1. The van der Waals surface area contributed by atoms with Gasteiger partial charge in [-0.05, 0) is 31.0 Å². The van der Waals surface area contributed by atoms with Crippen molar-refractivity contribution in [3.05, 3.63) is 33.8 Å². The third-order valence-corrected chi connectivity index (χ3v) is 3.29. The first-order valence-electron chi connectivity index (χ1n) is 5.43. The van der Waals surface area contributed by atoms with E-state index in [2.05, 4.69) is 21.2 Å². The Morgan fingerprint density at radius 1 is 1.35 bits per heavy atom. The van der Waals surface area contributed by atoms with Crippen molar-refractivity contribution in [1.82, 2.24) is 5.32 Å². The molecule has 0 radical (unpaired) electrons. The molecule has 17 heavy (non-hydrogen) atoms. The summed E-state index contributed by atoms with van der Waals surface area (Å²) in [5, 5.41) is 3.16. The van der Waals surface area contributed by atoms with Crippen molar-refractivity contribution in [2.75, 3.05) is 0 Å². The fourth-order valence-electron chi connectivity index (χ4n) is 1.34. The van der Waals surface area contributed by atoms with Crippen molar-refractivity contribution in [3.63, 3.8) is 0 Å². The van der Waals surface area contributed by atoms with Gasteiger partial charge in [-0.3, -0.25) is 0 Å². The lowest BCUT2D eigenvalue weighted by molar-refractivity contribution is -0.138. The predicted molar refractivity (Wildman–Crippen MR) is 65.7 cm³/mol. The van der Waals surface area contributed by atoms with Crippen LogP contribution in [-0.2, 0) is 12.7 Å². The minimum atomic E-state index is -4.31. The van der Waals surface area contributed by atoms with Gasteiger partial charge in [-0.15, -0.1) is 0 Å². The van der Waals surface area contributed by atoms with Crippen molar-refractivity contribution < 1.29 is 13.2 Å². The smallest absolute Gasteiger partial charge is 0.310 e. The Bertz CT molecular complexity index is 377. The van der Waals surface area contributed by atoms with Crippen LogP contribution in [0.2, 0.25) is 0 Å². The van der Waals surface area contributed by atoms with Crippen LogP contribution in [0.1, 0.15) is 31.4 Å². The number of hydrogen-bond acceptors (Lipinski definition) is 1. The molecule has 0 amide bonds. The Morgan fingerprint density at radius 2 is 2.00 bits per heavy atom. The summed E-state index contributed by atoms with van der Waals surface area (Å²) >= 11 is 2.92. The zero-order valence-corrected chi connectivity index (χ0v) is 11.3. The number of alkyl halides is 3. The molecule has 5 heteroatoms. The molecule has 1 nitrogen and oxygen atoms in total. The molecule has 1 aromatic carbocycles. The first-order chi connectivity index (χ1) is 7.84. The highest BCUT2D eigenvalue weighted by molar-refractivity contribution is 9.10. The van der Waals surface area contributed by atoms with E-state index in [9.17, 15) is 13.2 Å². The van der Waals surface area contributed by atoms with Crippen LogP contribution >= 0.6 is 15.9 Å². The first-order valence-corrected chi connectivity index (χ1v) is 6.23. The molecule has 1 rings (SSSR count). The SMILES string of the molecule is CCC(C)NCc1ccc(Br)c(C(F)(F)F)c1. The average Bonchev–Trinajstić information content (AvgIpc) is 2.26. The molecule has 1 unspecified atom stereocenters. The van der Waals surface area contributed by atoms with Gasteiger partial charge in [0.05, 0.1) is 5.56 Å². The highest BCUT2D eigenvalue weighted by Crippen LogP contribution is 2.35. The normalized spacial score (nSPS) is 13.8. The summed E-state index contributed by atoms with van der Waals surface area (Å²) in [6.45, 7) is 4.48. The maximum atomic E-state index is 12.6. The predicted octanol–water partition coefficient (Wildman–Crippen LogP) is 4.36. The first kappa shape index (κ1) is 14.5. The average molecular weight is 310 g/mol. The van der Waals surface area contributed by atoms with Gasteiger partial charge in [0.2, 0.25) is 0 Å². The molecule has 0 aromatic heterocycles. The number of halogens is 4. The molecule has 0 saturated heterocycles. The van der Waals surface area contributed by atoms with E-state index in [-0.39, 0.29) is 4.47 Å². The molecule has 0 fully saturated rings. The van der Waals surface area contributed by atoms with Gasteiger partial charge in [-0.1, -0.05) is 28.9 Å². The minimum absolute atomic E-state index is 0.0808. The van der Waals surface area contributed by atoms with Gasteiger partial charge in [-0.25, -0.2) is 0 Å². The monoisotopic (exact) mass is 309 g/mol. The molecule has 96 valence electrons. The largest absolute Gasteiger partial charge is 0.417 e. The third-order valence-electron chi connectivity index (χ3n) is 2.60. The van der Waals surface area contributed by atoms with Crippen molar-refractivity contribution in [2.24, 2.45) is 0 Å². The second-order valence-electron chi connectivity index (χ2n) is 4.00. The van der Waals surface area contributed by atoms with Crippen LogP contribution in [0.5, 0.6) is 0 Å². The molecule has 1 N–H and O–H groups in total. The van der Waals surface area contributed by atoms with E-state index in [1.54, 1.807) is 6.07 Å². The Morgan fingerprint density at radius 3 is 2.53 bits per heavy atom. The van der Waals surface area contributed by atoms with E-state index in [0.717, 1.165) is 6.42 Å². The fraction of sp³-hybridized carbons (Fsp3) is 0.500. The van der Waals surface area contributed by atoms with E-state index in [1.807, 2.05) is 13.8 Å². The molecule has 0 aliphatic heterocycles. The molecule has 0 aliphatic rings. The Labute approximate surface area is 108 Å². The number of hydrogen-bond donors (Lipinski definition) is 1. The molecule has 0 saturated carbocycles. The lowest BCUT2D eigenvalue weighted by atomic mass is 10.1. The quantitative estimate of drug-likeness (QED) is 0.871. The van der Waals surface area contributed by atoms with Crippen LogP contribution in [-0.4, -0.2) is 6.04 Å². The summed E-state index contributed by atoms with van der Waals surface area (Å²) in [5.41, 5.74) is 0.0155. The van der Waals surface area contributed by atoms with Gasteiger partial charge in [0.15, 0.2) is 0 Å². The maximum absolute atomic E-state index is 12.6. The fourth-order valence-corrected chi connectivity index (χ4v) is 1.81. The summed E-state index contributed by atoms with van der Waals surface area (Å²) in [6.07, 6.45) is -3.37. The summed E-state index contributed by atoms with van der Waals surface area (Å²) in [5.74, 6) is 0.